The van der Waals surface area contributed by atoms with Crippen molar-refractivity contribution in [2.24, 2.45) is 0 Å². The van der Waals surface area contributed by atoms with Gasteiger partial charge in [-0.2, -0.15) is 0 Å². The Bertz CT molecular complexity index is 315. The summed E-state index contributed by atoms with van der Waals surface area (Å²) in [7, 11) is 0. The van der Waals surface area contributed by atoms with E-state index in [2.05, 4.69) is 51.1 Å². The van der Waals surface area contributed by atoms with Crippen molar-refractivity contribution in [3.63, 3.8) is 0 Å². The molecule has 1 rings (SSSR count). The van der Waals surface area contributed by atoms with Gasteiger partial charge in [0.05, 0.1) is 0 Å². The van der Waals surface area contributed by atoms with Crippen molar-refractivity contribution in [1.29, 1.82) is 0 Å². The van der Waals surface area contributed by atoms with Gasteiger partial charge in [-0.3, -0.25) is 0 Å². The van der Waals surface area contributed by atoms with Crippen LogP contribution in [0.2, 0.25) is 13.3 Å². The summed E-state index contributed by atoms with van der Waals surface area (Å²) in [5.74, 6) is 0. The Morgan fingerprint density at radius 2 is 1.47 bits per heavy atom. The van der Waals surface area contributed by atoms with Crippen LogP contribution in [-0.2, 0) is 9.68 Å². The van der Waals surface area contributed by atoms with Gasteiger partial charge in [0, 0.05) is 0 Å². The number of rotatable bonds is 10. The third-order valence-electron chi connectivity index (χ3n) is 4.00. The zero-order valence-corrected chi connectivity index (χ0v) is 15.8. The normalized spacial score (nSPS) is 11.7. The predicted molar refractivity (Wildman–Crippen MR) is 86.9 cm³/mol. The molecule has 0 bridgehead atoms. The fourth-order valence-electron chi connectivity index (χ4n) is 2.53. The average molecular weight is 369 g/mol. The van der Waals surface area contributed by atoms with Crippen molar-refractivity contribution in [2.45, 2.75) is 66.4 Å². The third kappa shape index (κ3) is 6.31. The summed E-state index contributed by atoms with van der Waals surface area (Å²) >= 11 is -2.31. The molecule has 0 spiro atoms. The Morgan fingerprint density at radius 3 is 1.95 bits per heavy atom. The van der Waals surface area contributed by atoms with Crippen LogP contribution >= 0.6 is 0 Å². The summed E-state index contributed by atoms with van der Waals surface area (Å²) in [6, 6.07) is 10.7. The van der Waals surface area contributed by atoms with E-state index in [1.165, 1.54) is 44.6 Å². The van der Waals surface area contributed by atoms with E-state index < -0.39 is 18.8 Å². The Balaban J connectivity index is 2.60. The van der Waals surface area contributed by atoms with Crippen molar-refractivity contribution in [2.75, 3.05) is 0 Å². The molecule has 108 valence electrons. The average Bonchev–Trinajstić information content (AvgIpc) is 2.48. The third-order valence-corrected chi connectivity index (χ3v) is 17.1. The Labute approximate surface area is 124 Å². The van der Waals surface area contributed by atoms with Gasteiger partial charge in [-0.05, 0) is 0 Å². The van der Waals surface area contributed by atoms with Gasteiger partial charge in [-0.15, -0.1) is 0 Å². The van der Waals surface area contributed by atoms with Crippen LogP contribution in [0.15, 0.2) is 30.3 Å². The van der Waals surface area contributed by atoms with Crippen LogP contribution in [0.1, 0.15) is 52.0 Å². The van der Waals surface area contributed by atoms with Gasteiger partial charge in [0.2, 0.25) is 0 Å². The van der Waals surface area contributed by atoms with E-state index in [0.29, 0.717) is 0 Å². The fourth-order valence-corrected chi connectivity index (χ4v) is 13.7. The maximum atomic E-state index is 6.58. The van der Waals surface area contributed by atoms with Gasteiger partial charge in [0.25, 0.3) is 0 Å². The molecule has 1 aromatic rings. The second kappa shape index (κ2) is 9.82. The summed E-state index contributed by atoms with van der Waals surface area (Å²) in [6.45, 7) is 7.80. The molecule has 0 aromatic heterocycles. The molecular weight excluding hydrogens is 339 g/mol. The van der Waals surface area contributed by atoms with Crippen LogP contribution in [0.25, 0.3) is 0 Å². The van der Waals surface area contributed by atoms with Crippen molar-refractivity contribution >= 4 is 18.8 Å². The summed E-state index contributed by atoms with van der Waals surface area (Å²) in [4.78, 5) is 0. The van der Waals surface area contributed by atoms with Crippen LogP contribution in [0.3, 0.4) is 0 Å². The van der Waals surface area contributed by atoms with Crippen LogP contribution in [0.5, 0.6) is 0 Å². The first-order valence-electron chi connectivity index (χ1n) is 7.94. The first-order valence-corrected chi connectivity index (χ1v) is 15.2. The fraction of sp³-hybridized carbons (Fsp3) is 0.647. The number of hydrogen-bond donors (Lipinski definition) is 0. The first kappa shape index (κ1) is 17.0. The molecule has 0 N–H and O–H groups in total. The van der Waals surface area contributed by atoms with E-state index >= 15 is 0 Å². The molecule has 0 saturated carbocycles. The molecule has 1 nitrogen and oxygen atoms in total. The number of hydrogen-bond acceptors (Lipinski definition) is 1. The summed E-state index contributed by atoms with van der Waals surface area (Å²) in [5, 5.41) is 0. The topological polar surface area (TPSA) is 9.23 Å². The van der Waals surface area contributed by atoms with Gasteiger partial charge in [0.15, 0.2) is 0 Å². The molecule has 1 aromatic carbocycles. The molecule has 0 amide bonds. The number of unbranched alkanes of at least 4 members (excludes halogenated alkanes) is 2. The summed E-state index contributed by atoms with van der Waals surface area (Å²) in [5.41, 5.74) is 1.34. The van der Waals surface area contributed by atoms with Gasteiger partial charge < -0.3 is 0 Å². The second-order valence-electron chi connectivity index (χ2n) is 5.52. The van der Waals surface area contributed by atoms with E-state index in [-0.39, 0.29) is 0 Å². The summed E-state index contributed by atoms with van der Waals surface area (Å²) in [6.07, 6.45) is 5.34. The monoisotopic (exact) mass is 370 g/mol. The zero-order chi connectivity index (χ0) is 14.0. The van der Waals surface area contributed by atoms with E-state index in [4.69, 9.17) is 3.07 Å². The SMILES string of the molecule is CCC[CH2][Sn]([CH2]C)([CH2]CCC)[O]Cc1ccccc1. The molecule has 19 heavy (non-hydrogen) atoms. The van der Waals surface area contributed by atoms with Gasteiger partial charge in [-0.25, -0.2) is 0 Å². The molecule has 0 unspecified atom stereocenters. The van der Waals surface area contributed by atoms with Crippen molar-refractivity contribution in [3.8, 4) is 0 Å². The van der Waals surface area contributed by atoms with E-state index in [0.717, 1.165) is 6.61 Å². The van der Waals surface area contributed by atoms with E-state index in [1.54, 1.807) is 0 Å². The molecule has 0 saturated heterocycles. The van der Waals surface area contributed by atoms with Gasteiger partial charge >= 0.3 is 124 Å². The molecule has 2 heteroatoms. The molecule has 0 atom stereocenters. The van der Waals surface area contributed by atoms with Crippen LogP contribution in [0, 0.1) is 0 Å². The van der Waals surface area contributed by atoms with Crippen molar-refractivity contribution in [3.05, 3.63) is 35.9 Å². The van der Waals surface area contributed by atoms with Gasteiger partial charge in [0.1, 0.15) is 0 Å². The molecular formula is C17H30OSn. The minimum absolute atomic E-state index is 0.845. The molecule has 0 aliphatic carbocycles. The van der Waals surface area contributed by atoms with Crippen LogP contribution in [0.4, 0.5) is 0 Å². The molecule has 0 aliphatic rings. The van der Waals surface area contributed by atoms with Crippen molar-refractivity contribution < 1.29 is 3.07 Å². The zero-order valence-electron chi connectivity index (χ0n) is 13.0. The van der Waals surface area contributed by atoms with E-state index in [9.17, 15) is 0 Å². The Hall–Kier alpha value is -0.0213. The second-order valence-corrected chi connectivity index (χ2v) is 18.0. The van der Waals surface area contributed by atoms with Crippen LogP contribution in [-0.4, -0.2) is 18.8 Å². The Kier molecular flexibility index (Phi) is 8.80. The number of benzene rings is 1. The molecule has 0 fully saturated rings. The van der Waals surface area contributed by atoms with Gasteiger partial charge in [-0.1, -0.05) is 0 Å². The van der Waals surface area contributed by atoms with E-state index in [1.807, 2.05) is 0 Å². The van der Waals surface area contributed by atoms with Crippen molar-refractivity contribution in [1.82, 2.24) is 0 Å². The maximum absolute atomic E-state index is 6.58. The molecule has 0 aliphatic heterocycles. The van der Waals surface area contributed by atoms with Crippen LogP contribution < -0.4 is 0 Å². The molecule has 0 heterocycles. The quantitative estimate of drug-likeness (QED) is 0.476. The minimum atomic E-state index is -2.31. The first-order chi connectivity index (χ1) is 9.26. The Morgan fingerprint density at radius 1 is 0.895 bits per heavy atom. The molecule has 0 radical (unpaired) electrons. The summed E-state index contributed by atoms with van der Waals surface area (Å²) < 4.78 is 10.7. The standard InChI is InChI=1S/C7H7O.2C4H9.C2H5.Sn/c8-6-7-4-2-1-3-5-7;2*1-3-4-2;1-2;/h1-5H,6H2;2*1,3-4H2,2H3;1H2,2H3;/q-1;;;;+1. The predicted octanol–water partition coefficient (Wildman–Crippen LogP) is 5.77.